The third kappa shape index (κ3) is 3.50. The molecule has 0 saturated heterocycles. The SMILES string of the molecule is CCNC1(C#N)CCCC1CCSc1ncc(C)cn1. The summed E-state index contributed by atoms with van der Waals surface area (Å²) in [6, 6.07) is 2.53. The highest BCUT2D eigenvalue weighted by molar-refractivity contribution is 7.99. The van der Waals surface area contributed by atoms with Gasteiger partial charge in [0.25, 0.3) is 0 Å². The third-order valence-corrected chi connectivity index (χ3v) is 4.88. The summed E-state index contributed by atoms with van der Waals surface area (Å²) < 4.78 is 0. The zero-order valence-electron chi connectivity index (χ0n) is 12.2. The van der Waals surface area contributed by atoms with E-state index in [4.69, 9.17) is 0 Å². The van der Waals surface area contributed by atoms with Crippen molar-refractivity contribution in [3.05, 3.63) is 18.0 Å². The molecule has 1 fully saturated rings. The molecule has 108 valence electrons. The molecular formula is C15H22N4S. The summed E-state index contributed by atoms with van der Waals surface area (Å²) in [5, 5.41) is 13.8. The third-order valence-electron chi connectivity index (χ3n) is 3.97. The molecule has 0 amide bonds. The van der Waals surface area contributed by atoms with E-state index < -0.39 is 0 Å². The quantitative estimate of drug-likeness (QED) is 0.644. The Morgan fingerprint density at radius 1 is 1.50 bits per heavy atom. The van der Waals surface area contributed by atoms with Gasteiger partial charge in [-0.3, -0.25) is 5.32 Å². The fraction of sp³-hybridized carbons (Fsp3) is 0.667. The molecular weight excluding hydrogens is 268 g/mol. The van der Waals surface area contributed by atoms with Gasteiger partial charge < -0.3 is 0 Å². The van der Waals surface area contributed by atoms with Crippen molar-refractivity contribution < 1.29 is 0 Å². The molecule has 1 aromatic heterocycles. The van der Waals surface area contributed by atoms with Crippen LogP contribution in [0.15, 0.2) is 17.6 Å². The highest BCUT2D eigenvalue weighted by Gasteiger charge is 2.42. The summed E-state index contributed by atoms with van der Waals surface area (Å²) >= 11 is 1.69. The van der Waals surface area contributed by atoms with Gasteiger partial charge in [0.1, 0.15) is 5.54 Å². The molecule has 4 nitrogen and oxygen atoms in total. The molecule has 1 aliphatic carbocycles. The first-order chi connectivity index (χ1) is 9.70. The monoisotopic (exact) mass is 290 g/mol. The highest BCUT2D eigenvalue weighted by atomic mass is 32.2. The van der Waals surface area contributed by atoms with E-state index in [1.807, 2.05) is 19.3 Å². The Balaban J connectivity index is 1.87. The summed E-state index contributed by atoms with van der Waals surface area (Å²) in [6.07, 6.45) is 8.02. The molecule has 1 heterocycles. The maximum absolute atomic E-state index is 9.52. The topological polar surface area (TPSA) is 61.6 Å². The lowest BCUT2D eigenvalue weighted by Gasteiger charge is -2.29. The molecule has 2 rings (SSSR count). The number of nitrogens with one attached hydrogen (secondary N) is 1. The average Bonchev–Trinajstić information content (AvgIpc) is 2.85. The van der Waals surface area contributed by atoms with Crippen LogP contribution in [0.1, 0.15) is 38.2 Å². The largest absolute Gasteiger partial charge is 0.299 e. The number of aryl methyl sites for hydroxylation is 1. The smallest absolute Gasteiger partial charge is 0.187 e. The molecule has 1 saturated carbocycles. The number of rotatable bonds is 6. The summed E-state index contributed by atoms with van der Waals surface area (Å²) in [5.41, 5.74) is 0.782. The second-order valence-electron chi connectivity index (χ2n) is 5.38. The predicted molar refractivity (Wildman–Crippen MR) is 81.5 cm³/mol. The normalized spacial score (nSPS) is 25.6. The molecule has 1 aliphatic rings. The number of thioether (sulfide) groups is 1. The Labute approximate surface area is 125 Å². The lowest BCUT2D eigenvalue weighted by Crippen LogP contribution is -2.47. The summed E-state index contributed by atoms with van der Waals surface area (Å²) in [6.45, 7) is 4.92. The summed E-state index contributed by atoms with van der Waals surface area (Å²) in [5.74, 6) is 1.42. The number of aromatic nitrogens is 2. The second-order valence-corrected chi connectivity index (χ2v) is 6.44. The number of hydrogen-bond acceptors (Lipinski definition) is 5. The minimum atomic E-state index is -0.302. The molecule has 1 aromatic rings. The van der Waals surface area contributed by atoms with Gasteiger partial charge in [-0.25, -0.2) is 9.97 Å². The van der Waals surface area contributed by atoms with Crippen LogP contribution in [0.25, 0.3) is 0 Å². The van der Waals surface area contributed by atoms with Crippen LogP contribution in [0.3, 0.4) is 0 Å². The molecule has 0 bridgehead atoms. The second kappa shape index (κ2) is 7.05. The molecule has 2 unspecified atom stereocenters. The van der Waals surface area contributed by atoms with Crippen LogP contribution < -0.4 is 5.32 Å². The van der Waals surface area contributed by atoms with Crippen molar-refractivity contribution in [1.29, 1.82) is 5.26 Å². The minimum absolute atomic E-state index is 0.302. The van der Waals surface area contributed by atoms with Gasteiger partial charge in [-0.15, -0.1) is 0 Å². The van der Waals surface area contributed by atoms with E-state index in [0.717, 1.165) is 48.7 Å². The molecule has 5 heteroatoms. The van der Waals surface area contributed by atoms with Crippen molar-refractivity contribution in [3.63, 3.8) is 0 Å². The maximum Gasteiger partial charge on any atom is 0.187 e. The van der Waals surface area contributed by atoms with Crippen LogP contribution in [0.4, 0.5) is 0 Å². The number of nitriles is 1. The number of hydrogen-bond donors (Lipinski definition) is 1. The Bertz CT molecular complexity index is 468. The van der Waals surface area contributed by atoms with Gasteiger partial charge in [-0.05, 0) is 44.2 Å². The van der Waals surface area contributed by atoms with Gasteiger partial charge in [-0.2, -0.15) is 5.26 Å². The van der Waals surface area contributed by atoms with Gasteiger partial charge in [0, 0.05) is 18.1 Å². The van der Waals surface area contributed by atoms with Crippen LogP contribution in [-0.4, -0.2) is 27.8 Å². The van der Waals surface area contributed by atoms with Crippen molar-refractivity contribution in [1.82, 2.24) is 15.3 Å². The first-order valence-corrected chi connectivity index (χ1v) is 8.26. The fourth-order valence-corrected chi connectivity index (χ4v) is 3.79. The van der Waals surface area contributed by atoms with E-state index in [0.29, 0.717) is 5.92 Å². The lowest BCUT2D eigenvalue weighted by atomic mass is 9.86. The van der Waals surface area contributed by atoms with Crippen LogP contribution in [-0.2, 0) is 0 Å². The molecule has 0 aliphatic heterocycles. The van der Waals surface area contributed by atoms with E-state index in [9.17, 15) is 5.26 Å². The fourth-order valence-electron chi connectivity index (χ4n) is 2.95. The average molecular weight is 290 g/mol. The molecule has 0 spiro atoms. The van der Waals surface area contributed by atoms with Crippen molar-refractivity contribution >= 4 is 11.8 Å². The van der Waals surface area contributed by atoms with Crippen molar-refractivity contribution in [2.75, 3.05) is 12.3 Å². The van der Waals surface area contributed by atoms with E-state index in [1.54, 1.807) is 11.8 Å². The first kappa shape index (κ1) is 15.3. The van der Waals surface area contributed by atoms with Crippen molar-refractivity contribution in [2.24, 2.45) is 5.92 Å². The van der Waals surface area contributed by atoms with Crippen molar-refractivity contribution in [2.45, 2.75) is 50.2 Å². The lowest BCUT2D eigenvalue weighted by molar-refractivity contribution is 0.317. The molecule has 1 N–H and O–H groups in total. The van der Waals surface area contributed by atoms with Gasteiger partial charge in [0.15, 0.2) is 5.16 Å². The molecule has 0 aromatic carbocycles. The van der Waals surface area contributed by atoms with E-state index >= 15 is 0 Å². The highest BCUT2D eigenvalue weighted by Crippen LogP contribution is 2.38. The van der Waals surface area contributed by atoms with Crippen LogP contribution in [0.5, 0.6) is 0 Å². The van der Waals surface area contributed by atoms with Gasteiger partial charge in [0.2, 0.25) is 0 Å². The van der Waals surface area contributed by atoms with E-state index in [1.165, 1.54) is 0 Å². The van der Waals surface area contributed by atoms with E-state index in [2.05, 4.69) is 28.3 Å². The molecule has 0 radical (unpaired) electrons. The van der Waals surface area contributed by atoms with Crippen LogP contribution >= 0.6 is 11.8 Å². The van der Waals surface area contributed by atoms with Crippen LogP contribution in [0.2, 0.25) is 0 Å². The Morgan fingerprint density at radius 2 is 2.25 bits per heavy atom. The van der Waals surface area contributed by atoms with Crippen molar-refractivity contribution in [3.8, 4) is 6.07 Å². The summed E-state index contributed by atoms with van der Waals surface area (Å²) in [4.78, 5) is 8.61. The summed E-state index contributed by atoms with van der Waals surface area (Å²) in [7, 11) is 0. The maximum atomic E-state index is 9.52. The van der Waals surface area contributed by atoms with E-state index in [-0.39, 0.29) is 5.54 Å². The predicted octanol–water partition coefficient (Wildman–Crippen LogP) is 2.94. The molecule has 20 heavy (non-hydrogen) atoms. The zero-order valence-corrected chi connectivity index (χ0v) is 13.0. The Morgan fingerprint density at radius 3 is 2.90 bits per heavy atom. The standard InChI is InChI=1S/C15H22N4S/c1-3-19-15(11-16)7-4-5-13(15)6-8-20-14-17-9-12(2)10-18-14/h9-10,13,19H,3-8H2,1-2H3. The Kier molecular flexibility index (Phi) is 5.38. The molecule has 2 atom stereocenters. The zero-order chi connectivity index (χ0) is 14.4. The Hall–Kier alpha value is -1.12. The van der Waals surface area contributed by atoms with Gasteiger partial charge in [-0.1, -0.05) is 25.1 Å². The first-order valence-electron chi connectivity index (χ1n) is 7.28. The van der Waals surface area contributed by atoms with Gasteiger partial charge >= 0.3 is 0 Å². The minimum Gasteiger partial charge on any atom is -0.299 e. The number of nitrogens with zero attached hydrogens (tertiary/aromatic N) is 3. The van der Waals surface area contributed by atoms with Gasteiger partial charge in [0.05, 0.1) is 6.07 Å². The van der Waals surface area contributed by atoms with Crippen LogP contribution in [0, 0.1) is 24.2 Å².